The summed E-state index contributed by atoms with van der Waals surface area (Å²) in [4.78, 5) is 27.9. The van der Waals surface area contributed by atoms with Crippen molar-refractivity contribution in [2.75, 3.05) is 20.2 Å². The molecule has 0 bridgehead atoms. The molecule has 5 heteroatoms. The van der Waals surface area contributed by atoms with Crippen molar-refractivity contribution < 1.29 is 14.3 Å². The maximum atomic E-state index is 13.2. The average molecular weight is 378 g/mol. The number of methoxy groups -OCH3 is 1. The predicted molar refractivity (Wildman–Crippen MR) is 107 cm³/mol. The number of hydrogen-bond acceptors (Lipinski definition) is 3. The number of para-hydroxylation sites is 1. The van der Waals surface area contributed by atoms with Crippen LogP contribution in [-0.4, -0.2) is 43.0 Å². The number of rotatable bonds is 5. The van der Waals surface area contributed by atoms with E-state index >= 15 is 0 Å². The van der Waals surface area contributed by atoms with Crippen molar-refractivity contribution in [3.05, 3.63) is 65.2 Å². The van der Waals surface area contributed by atoms with Crippen molar-refractivity contribution in [2.45, 2.75) is 31.7 Å². The zero-order valence-corrected chi connectivity index (χ0v) is 16.4. The number of nitrogens with one attached hydrogen (secondary N) is 1. The van der Waals surface area contributed by atoms with E-state index in [2.05, 4.69) is 5.32 Å². The summed E-state index contributed by atoms with van der Waals surface area (Å²) < 4.78 is 5.54. The minimum Gasteiger partial charge on any atom is -0.496 e. The summed E-state index contributed by atoms with van der Waals surface area (Å²) in [5, 5.41) is 3.13. The Kier molecular flexibility index (Phi) is 5.07. The van der Waals surface area contributed by atoms with E-state index in [0.717, 1.165) is 29.7 Å². The molecule has 2 aromatic rings. The van der Waals surface area contributed by atoms with Gasteiger partial charge in [0.05, 0.1) is 13.0 Å². The topological polar surface area (TPSA) is 58.6 Å². The van der Waals surface area contributed by atoms with Crippen molar-refractivity contribution in [2.24, 2.45) is 5.92 Å². The lowest BCUT2D eigenvalue weighted by Crippen LogP contribution is -2.36. The number of amides is 2. The van der Waals surface area contributed by atoms with Gasteiger partial charge in [-0.2, -0.15) is 0 Å². The van der Waals surface area contributed by atoms with E-state index in [0.29, 0.717) is 24.7 Å². The molecule has 1 saturated carbocycles. The van der Waals surface area contributed by atoms with Crippen molar-refractivity contribution in [3.63, 3.8) is 0 Å². The summed E-state index contributed by atoms with van der Waals surface area (Å²) in [6, 6.07) is 15.7. The van der Waals surface area contributed by atoms with E-state index in [9.17, 15) is 9.59 Å². The second-order valence-electron chi connectivity index (χ2n) is 7.76. The van der Waals surface area contributed by atoms with Crippen LogP contribution < -0.4 is 10.1 Å². The van der Waals surface area contributed by atoms with Gasteiger partial charge in [-0.05, 0) is 43.0 Å². The fourth-order valence-electron chi connectivity index (χ4n) is 4.04. The SMILES string of the molecule is COc1ccccc1C1CN(C(=O)c2ccccc2C)CC1C(=O)NC1CC1. The smallest absolute Gasteiger partial charge is 0.254 e. The molecule has 5 nitrogen and oxygen atoms in total. The second kappa shape index (κ2) is 7.66. The molecule has 0 spiro atoms. The normalized spacial score (nSPS) is 21.4. The van der Waals surface area contributed by atoms with Gasteiger partial charge in [-0.15, -0.1) is 0 Å². The van der Waals surface area contributed by atoms with Crippen LogP contribution in [0.25, 0.3) is 0 Å². The highest BCUT2D eigenvalue weighted by Gasteiger charge is 2.43. The molecule has 2 aromatic carbocycles. The van der Waals surface area contributed by atoms with Gasteiger partial charge >= 0.3 is 0 Å². The Morgan fingerprint density at radius 1 is 1.04 bits per heavy atom. The number of likely N-dealkylation sites (tertiary alicyclic amines) is 1. The first-order valence-electron chi connectivity index (χ1n) is 9.86. The minimum atomic E-state index is -0.273. The van der Waals surface area contributed by atoms with E-state index in [1.54, 1.807) is 7.11 Å². The molecule has 4 rings (SSSR count). The van der Waals surface area contributed by atoms with Crippen LogP contribution >= 0.6 is 0 Å². The Labute approximate surface area is 165 Å². The molecule has 28 heavy (non-hydrogen) atoms. The minimum absolute atomic E-state index is 0.0141. The van der Waals surface area contributed by atoms with Crippen LogP contribution in [0.5, 0.6) is 5.75 Å². The highest BCUT2D eigenvalue weighted by molar-refractivity contribution is 5.96. The monoisotopic (exact) mass is 378 g/mol. The van der Waals surface area contributed by atoms with Gasteiger partial charge < -0.3 is 15.0 Å². The van der Waals surface area contributed by atoms with Crippen LogP contribution in [0.1, 0.15) is 40.2 Å². The van der Waals surface area contributed by atoms with Crippen LogP contribution in [-0.2, 0) is 4.79 Å². The summed E-state index contributed by atoms with van der Waals surface area (Å²) in [5.74, 6) is 0.438. The van der Waals surface area contributed by atoms with Crippen LogP contribution in [0.2, 0.25) is 0 Å². The van der Waals surface area contributed by atoms with Gasteiger partial charge in [0.15, 0.2) is 0 Å². The summed E-state index contributed by atoms with van der Waals surface area (Å²) in [7, 11) is 1.64. The number of benzene rings is 2. The Morgan fingerprint density at radius 2 is 1.75 bits per heavy atom. The van der Waals surface area contributed by atoms with Crippen molar-refractivity contribution >= 4 is 11.8 Å². The second-order valence-corrected chi connectivity index (χ2v) is 7.76. The summed E-state index contributed by atoms with van der Waals surface area (Å²) in [5.41, 5.74) is 2.64. The van der Waals surface area contributed by atoms with E-state index < -0.39 is 0 Å². The molecule has 2 amide bonds. The van der Waals surface area contributed by atoms with Crippen LogP contribution in [0.15, 0.2) is 48.5 Å². The molecule has 1 N–H and O–H groups in total. The molecule has 0 radical (unpaired) electrons. The third kappa shape index (κ3) is 3.61. The molecule has 1 saturated heterocycles. The molecular weight excluding hydrogens is 352 g/mol. The number of hydrogen-bond donors (Lipinski definition) is 1. The van der Waals surface area contributed by atoms with E-state index in [1.807, 2.05) is 60.4 Å². The largest absolute Gasteiger partial charge is 0.496 e. The number of ether oxygens (including phenoxy) is 1. The lowest BCUT2D eigenvalue weighted by atomic mass is 9.87. The summed E-state index contributed by atoms with van der Waals surface area (Å²) in [6.07, 6.45) is 2.09. The van der Waals surface area contributed by atoms with Gasteiger partial charge in [0, 0.05) is 30.6 Å². The standard InChI is InChI=1S/C23H26N2O3/c1-15-7-3-4-8-17(15)23(27)25-13-19(18-9-5-6-10-21(18)28-2)20(14-25)22(26)24-16-11-12-16/h3-10,16,19-20H,11-14H2,1-2H3,(H,24,26). The Hall–Kier alpha value is -2.82. The molecule has 1 aliphatic carbocycles. The first kappa shape index (κ1) is 18.5. The fraction of sp³-hybridized carbons (Fsp3) is 0.391. The van der Waals surface area contributed by atoms with Gasteiger partial charge in [-0.25, -0.2) is 0 Å². The molecule has 2 unspecified atom stereocenters. The van der Waals surface area contributed by atoms with Gasteiger partial charge in [-0.1, -0.05) is 36.4 Å². The number of aryl methyl sites for hydroxylation is 1. The van der Waals surface area contributed by atoms with E-state index in [1.165, 1.54) is 0 Å². The van der Waals surface area contributed by atoms with Crippen molar-refractivity contribution in [1.29, 1.82) is 0 Å². The van der Waals surface area contributed by atoms with Gasteiger partial charge in [0.1, 0.15) is 5.75 Å². The Balaban J connectivity index is 1.63. The van der Waals surface area contributed by atoms with E-state index in [-0.39, 0.29) is 23.7 Å². The first-order chi connectivity index (χ1) is 13.6. The maximum Gasteiger partial charge on any atom is 0.254 e. The molecule has 2 aliphatic rings. The fourth-order valence-corrected chi connectivity index (χ4v) is 4.04. The summed E-state index contributed by atoms with van der Waals surface area (Å²) in [6.45, 7) is 2.88. The number of carbonyl (C=O) groups is 2. The molecule has 146 valence electrons. The lowest BCUT2D eigenvalue weighted by molar-refractivity contribution is -0.125. The number of carbonyl (C=O) groups excluding carboxylic acids is 2. The predicted octanol–water partition coefficient (Wildman–Crippen LogP) is 3.14. The van der Waals surface area contributed by atoms with E-state index in [4.69, 9.17) is 4.74 Å². The van der Waals surface area contributed by atoms with Crippen LogP contribution in [0, 0.1) is 12.8 Å². The third-order valence-electron chi connectivity index (χ3n) is 5.78. The van der Waals surface area contributed by atoms with Gasteiger partial charge in [0.2, 0.25) is 5.91 Å². The molecule has 2 atom stereocenters. The number of nitrogens with zero attached hydrogens (tertiary/aromatic N) is 1. The molecule has 1 aliphatic heterocycles. The molecule has 0 aromatic heterocycles. The quantitative estimate of drug-likeness (QED) is 0.870. The highest BCUT2D eigenvalue weighted by atomic mass is 16.5. The Morgan fingerprint density at radius 3 is 2.46 bits per heavy atom. The zero-order valence-electron chi connectivity index (χ0n) is 16.4. The van der Waals surface area contributed by atoms with Gasteiger partial charge in [0.25, 0.3) is 5.91 Å². The molecule has 2 fully saturated rings. The first-order valence-corrected chi connectivity index (χ1v) is 9.86. The van der Waals surface area contributed by atoms with Crippen molar-refractivity contribution in [3.8, 4) is 5.75 Å². The average Bonchev–Trinajstić information content (AvgIpc) is 3.41. The lowest BCUT2D eigenvalue weighted by Gasteiger charge is -2.20. The third-order valence-corrected chi connectivity index (χ3v) is 5.78. The molecule has 1 heterocycles. The summed E-state index contributed by atoms with van der Waals surface area (Å²) >= 11 is 0. The van der Waals surface area contributed by atoms with Gasteiger partial charge in [-0.3, -0.25) is 9.59 Å². The van der Waals surface area contributed by atoms with Crippen molar-refractivity contribution in [1.82, 2.24) is 10.2 Å². The van der Waals surface area contributed by atoms with Crippen LogP contribution in [0.4, 0.5) is 0 Å². The highest BCUT2D eigenvalue weighted by Crippen LogP contribution is 2.38. The maximum absolute atomic E-state index is 13.2. The molecular formula is C23H26N2O3. The van der Waals surface area contributed by atoms with Crippen LogP contribution in [0.3, 0.4) is 0 Å². The Bertz CT molecular complexity index is 891. The zero-order chi connectivity index (χ0) is 19.7.